The molecule has 0 bridgehead atoms. The fourth-order valence-electron chi connectivity index (χ4n) is 2.54. The van der Waals surface area contributed by atoms with Crippen LogP contribution < -0.4 is 0 Å². The molecule has 0 spiro atoms. The minimum Gasteiger partial charge on any atom is -0.324 e. The molecule has 0 aliphatic rings. The van der Waals surface area contributed by atoms with E-state index in [1.165, 1.54) is 0 Å². The molecule has 2 N–H and O–H groups in total. The fraction of sp³-hybridized carbons (Fsp3) is 0.278. The molecule has 2 aromatic rings. The highest BCUT2D eigenvalue weighted by Gasteiger charge is 2.29. The monoisotopic (exact) mass is 332 g/mol. The first-order valence-corrected chi connectivity index (χ1v) is 9.26. The number of hydrogen-bond acceptors (Lipinski definition) is 2. The molecule has 0 aliphatic heterocycles. The van der Waals surface area contributed by atoms with E-state index in [2.05, 4.69) is 0 Å². The molecule has 4 nitrogen and oxygen atoms in total. The lowest BCUT2D eigenvalue weighted by Crippen LogP contribution is -2.03. The SMILES string of the molecule is Cc1ccc(C(=O)CCCC(c2ccccc2)P(=O)(O)O)cc1. The predicted octanol–water partition coefficient (Wildman–Crippen LogP) is 4.27. The molecule has 0 radical (unpaired) electrons. The van der Waals surface area contributed by atoms with Crippen LogP contribution >= 0.6 is 7.60 Å². The van der Waals surface area contributed by atoms with Crippen molar-refractivity contribution in [1.29, 1.82) is 0 Å². The number of ketones is 1. The summed E-state index contributed by atoms with van der Waals surface area (Å²) in [4.78, 5) is 31.3. The van der Waals surface area contributed by atoms with Crippen LogP contribution in [0.5, 0.6) is 0 Å². The Hall–Kier alpha value is -1.74. The molecule has 2 aromatic carbocycles. The Bertz CT molecular complexity index is 689. The summed E-state index contributed by atoms with van der Waals surface area (Å²) in [7, 11) is -4.25. The van der Waals surface area contributed by atoms with Gasteiger partial charge in [-0.2, -0.15) is 0 Å². The van der Waals surface area contributed by atoms with Gasteiger partial charge in [0.2, 0.25) is 0 Å². The number of hydrogen-bond donors (Lipinski definition) is 2. The number of carbonyl (C=O) groups is 1. The van der Waals surface area contributed by atoms with Crippen molar-refractivity contribution in [2.75, 3.05) is 0 Å². The first-order valence-electron chi connectivity index (χ1n) is 7.58. The first-order chi connectivity index (χ1) is 10.9. The average Bonchev–Trinajstić information content (AvgIpc) is 2.51. The smallest absolute Gasteiger partial charge is 0.324 e. The number of aryl methyl sites for hydroxylation is 1. The van der Waals surface area contributed by atoms with E-state index in [4.69, 9.17) is 0 Å². The van der Waals surface area contributed by atoms with Crippen LogP contribution in [0.25, 0.3) is 0 Å². The maximum Gasteiger partial charge on any atom is 0.332 e. The Morgan fingerprint density at radius 2 is 1.65 bits per heavy atom. The number of rotatable bonds is 7. The zero-order valence-corrected chi connectivity index (χ0v) is 13.9. The van der Waals surface area contributed by atoms with Gasteiger partial charge in [0.1, 0.15) is 0 Å². The summed E-state index contributed by atoms with van der Waals surface area (Å²) in [5.41, 5.74) is 1.49. The topological polar surface area (TPSA) is 74.6 Å². The second-order valence-corrected chi connectivity index (χ2v) is 7.50. The van der Waals surface area contributed by atoms with E-state index in [-0.39, 0.29) is 18.6 Å². The van der Waals surface area contributed by atoms with Crippen molar-refractivity contribution in [2.24, 2.45) is 0 Å². The molecular weight excluding hydrogens is 311 g/mol. The minimum atomic E-state index is -4.25. The molecule has 23 heavy (non-hydrogen) atoms. The van der Waals surface area contributed by atoms with Crippen molar-refractivity contribution in [3.05, 3.63) is 71.3 Å². The Morgan fingerprint density at radius 1 is 1.04 bits per heavy atom. The third kappa shape index (κ3) is 5.14. The largest absolute Gasteiger partial charge is 0.332 e. The zero-order chi connectivity index (χ0) is 16.9. The average molecular weight is 332 g/mol. The van der Waals surface area contributed by atoms with Crippen LogP contribution in [0.15, 0.2) is 54.6 Å². The van der Waals surface area contributed by atoms with E-state index in [0.29, 0.717) is 17.5 Å². The van der Waals surface area contributed by atoms with E-state index in [0.717, 1.165) is 5.56 Å². The van der Waals surface area contributed by atoms with Gasteiger partial charge in [-0.3, -0.25) is 9.36 Å². The second kappa shape index (κ2) is 7.69. The highest BCUT2D eigenvalue weighted by molar-refractivity contribution is 7.52. The summed E-state index contributed by atoms with van der Waals surface area (Å²) in [6, 6.07) is 16.1. The number of carbonyl (C=O) groups excluding carboxylic acids is 1. The molecule has 0 fully saturated rings. The van der Waals surface area contributed by atoms with Gasteiger partial charge in [-0.25, -0.2) is 0 Å². The third-order valence-electron chi connectivity index (χ3n) is 3.85. The summed E-state index contributed by atoms with van der Waals surface area (Å²) in [6.07, 6.45) is 1.01. The highest BCUT2D eigenvalue weighted by Crippen LogP contribution is 2.54. The molecule has 1 unspecified atom stereocenters. The fourth-order valence-corrected chi connectivity index (χ4v) is 3.62. The van der Waals surface area contributed by atoms with Gasteiger partial charge in [-0.1, -0.05) is 60.2 Å². The van der Waals surface area contributed by atoms with Crippen molar-refractivity contribution >= 4 is 13.4 Å². The van der Waals surface area contributed by atoms with Gasteiger partial charge >= 0.3 is 7.60 Å². The summed E-state index contributed by atoms with van der Waals surface area (Å²) in [5, 5.41) is 0. The van der Waals surface area contributed by atoms with E-state index < -0.39 is 13.3 Å². The van der Waals surface area contributed by atoms with Gasteiger partial charge in [0, 0.05) is 12.0 Å². The van der Waals surface area contributed by atoms with Crippen molar-refractivity contribution in [2.45, 2.75) is 31.8 Å². The number of benzene rings is 2. The molecule has 1 atom stereocenters. The normalized spacial score (nSPS) is 12.8. The van der Waals surface area contributed by atoms with Crippen molar-refractivity contribution in [3.8, 4) is 0 Å². The Labute approximate surface area is 136 Å². The van der Waals surface area contributed by atoms with Gasteiger partial charge in [0.25, 0.3) is 0 Å². The lowest BCUT2D eigenvalue weighted by molar-refractivity contribution is 0.0978. The van der Waals surface area contributed by atoms with Crippen LogP contribution in [0, 0.1) is 6.92 Å². The summed E-state index contributed by atoms with van der Waals surface area (Å²) in [6.45, 7) is 1.96. The van der Waals surface area contributed by atoms with E-state index in [1.54, 1.807) is 42.5 Å². The van der Waals surface area contributed by atoms with Gasteiger partial charge in [-0.15, -0.1) is 0 Å². The van der Waals surface area contributed by atoms with Crippen LogP contribution in [-0.4, -0.2) is 15.6 Å². The molecule has 0 saturated carbocycles. The van der Waals surface area contributed by atoms with Gasteiger partial charge < -0.3 is 9.79 Å². The van der Waals surface area contributed by atoms with Gasteiger partial charge in [0.15, 0.2) is 5.78 Å². The van der Waals surface area contributed by atoms with Crippen LogP contribution in [0.3, 0.4) is 0 Å². The second-order valence-electron chi connectivity index (χ2n) is 5.70. The quantitative estimate of drug-likeness (QED) is 0.586. The summed E-state index contributed by atoms with van der Waals surface area (Å²) >= 11 is 0. The molecule has 0 aliphatic carbocycles. The molecule has 0 amide bonds. The maximum atomic E-state index is 12.1. The van der Waals surface area contributed by atoms with Crippen LogP contribution in [-0.2, 0) is 4.57 Å². The van der Waals surface area contributed by atoms with Gasteiger partial charge in [-0.05, 0) is 25.3 Å². The lowest BCUT2D eigenvalue weighted by Gasteiger charge is -2.18. The molecule has 5 heteroatoms. The Balaban J connectivity index is 1.98. The van der Waals surface area contributed by atoms with Crippen LogP contribution in [0.4, 0.5) is 0 Å². The Kier molecular flexibility index (Phi) is 5.89. The van der Waals surface area contributed by atoms with E-state index in [9.17, 15) is 19.1 Å². The summed E-state index contributed by atoms with van der Waals surface area (Å²) < 4.78 is 11.7. The van der Waals surface area contributed by atoms with Crippen LogP contribution in [0.1, 0.15) is 46.4 Å². The molecule has 0 saturated heterocycles. The molecule has 0 aromatic heterocycles. The maximum absolute atomic E-state index is 12.1. The molecule has 0 heterocycles. The molecule has 122 valence electrons. The minimum absolute atomic E-state index is 0.00234. The number of Topliss-reactive ketones (excluding diaryl/α,β-unsaturated/α-hetero) is 1. The molecule has 2 rings (SSSR count). The van der Waals surface area contributed by atoms with E-state index >= 15 is 0 Å². The zero-order valence-electron chi connectivity index (χ0n) is 13.1. The van der Waals surface area contributed by atoms with Crippen molar-refractivity contribution < 1.29 is 19.1 Å². The third-order valence-corrected chi connectivity index (χ3v) is 5.21. The standard InChI is InChI=1S/C18H21O4P/c1-14-10-12-15(13-11-14)17(19)8-5-9-18(23(20,21)22)16-6-3-2-4-7-16/h2-4,6-7,10-13,18H,5,8-9H2,1H3,(H2,20,21,22). The van der Waals surface area contributed by atoms with Crippen molar-refractivity contribution in [1.82, 2.24) is 0 Å². The van der Waals surface area contributed by atoms with Crippen molar-refractivity contribution in [3.63, 3.8) is 0 Å². The highest BCUT2D eigenvalue weighted by atomic mass is 31.2. The molecular formula is C18H21O4P. The lowest BCUT2D eigenvalue weighted by atomic mass is 10.0. The predicted molar refractivity (Wildman–Crippen MR) is 90.6 cm³/mol. The first kappa shape index (κ1) is 17.6. The summed E-state index contributed by atoms with van der Waals surface area (Å²) in [5.74, 6) is 0.00234. The Morgan fingerprint density at radius 3 is 2.22 bits per heavy atom. The van der Waals surface area contributed by atoms with E-state index in [1.807, 2.05) is 19.1 Å². The van der Waals surface area contributed by atoms with Crippen LogP contribution in [0.2, 0.25) is 0 Å². The van der Waals surface area contributed by atoms with Gasteiger partial charge in [0.05, 0.1) is 5.66 Å².